The topological polar surface area (TPSA) is 78.6 Å². The number of pyridine rings is 1. The molecule has 0 aliphatic rings. The number of ether oxygens (including phenoxy) is 2. The second-order valence-electron chi connectivity index (χ2n) is 4.43. The first kappa shape index (κ1) is 13.3. The summed E-state index contributed by atoms with van der Waals surface area (Å²) in [5, 5.41) is 5.23. The first-order valence-corrected chi connectivity index (χ1v) is 6.57. The maximum absolute atomic E-state index is 11.3. The Morgan fingerprint density at radius 2 is 2.24 bits per heavy atom. The molecule has 0 aliphatic heterocycles. The molecule has 0 fully saturated rings. The lowest BCUT2D eigenvalue weighted by molar-refractivity contribution is -0.145. The third kappa shape index (κ3) is 2.49. The van der Waals surface area contributed by atoms with Crippen molar-refractivity contribution >= 4 is 22.5 Å². The van der Waals surface area contributed by atoms with Gasteiger partial charge in [0, 0.05) is 29.5 Å². The van der Waals surface area contributed by atoms with Crippen molar-refractivity contribution in [2.75, 3.05) is 13.2 Å². The number of esters is 1. The van der Waals surface area contributed by atoms with Gasteiger partial charge in [0.15, 0.2) is 12.3 Å². The summed E-state index contributed by atoms with van der Waals surface area (Å²) in [5.41, 5.74) is 2.41. The molecule has 0 atom stereocenters. The number of hydrogen-bond acceptors (Lipinski definition) is 6. The Bertz CT molecular complexity index is 812. The molecule has 21 heavy (non-hydrogen) atoms. The monoisotopic (exact) mass is 286 g/mol. The molecule has 0 amide bonds. The van der Waals surface area contributed by atoms with E-state index in [4.69, 9.17) is 9.47 Å². The molecule has 3 rings (SSSR count). The lowest BCUT2D eigenvalue weighted by Gasteiger charge is -2.02. The van der Waals surface area contributed by atoms with Gasteiger partial charge in [0.25, 0.3) is 0 Å². The van der Waals surface area contributed by atoms with Crippen molar-refractivity contribution in [1.82, 2.24) is 19.6 Å². The number of aryl methyl sites for hydroxylation is 1. The Morgan fingerprint density at radius 3 is 3.05 bits per heavy atom. The van der Waals surface area contributed by atoms with Gasteiger partial charge in [-0.05, 0) is 19.9 Å². The van der Waals surface area contributed by atoms with E-state index in [1.165, 1.54) is 0 Å². The average Bonchev–Trinajstić information content (AvgIpc) is 2.89. The molecule has 0 unspecified atom stereocenters. The van der Waals surface area contributed by atoms with Crippen LogP contribution in [-0.4, -0.2) is 38.8 Å². The van der Waals surface area contributed by atoms with E-state index in [1.54, 1.807) is 29.9 Å². The molecule has 3 aromatic rings. The highest BCUT2D eigenvalue weighted by Gasteiger charge is 2.10. The van der Waals surface area contributed by atoms with Crippen LogP contribution in [0.1, 0.15) is 12.6 Å². The third-order valence-electron chi connectivity index (χ3n) is 3.03. The fourth-order valence-corrected chi connectivity index (χ4v) is 2.06. The van der Waals surface area contributed by atoms with E-state index in [9.17, 15) is 4.79 Å². The van der Waals surface area contributed by atoms with Gasteiger partial charge in [-0.3, -0.25) is 4.98 Å². The molecule has 0 saturated heterocycles. The van der Waals surface area contributed by atoms with E-state index in [1.807, 2.05) is 13.0 Å². The quantitative estimate of drug-likeness (QED) is 0.677. The van der Waals surface area contributed by atoms with Crippen molar-refractivity contribution in [2.45, 2.75) is 13.8 Å². The van der Waals surface area contributed by atoms with E-state index in [-0.39, 0.29) is 6.61 Å². The second kappa shape index (κ2) is 5.35. The number of rotatable bonds is 4. The number of aromatic nitrogens is 4. The molecule has 0 bridgehead atoms. The summed E-state index contributed by atoms with van der Waals surface area (Å²) in [5.74, 6) is -0.0927. The summed E-state index contributed by atoms with van der Waals surface area (Å²) in [6.45, 7) is 3.81. The van der Waals surface area contributed by atoms with Crippen molar-refractivity contribution < 1.29 is 14.3 Å². The maximum atomic E-state index is 11.3. The largest absolute Gasteiger partial charge is 0.465 e. The summed E-state index contributed by atoms with van der Waals surface area (Å²) in [7, 11) is 0. The van der Waals surface area contributed by atoms with Crippen molar-refractivity contribution in [1.29, 1.82) is 0 Å². The fraction of sp³-hybridized carbons (Fsp3) is 0.286. The van der Waals surface area contributed by atoms with Crippen LogP contribution in [0.15, 0.2) is 24.5 Å². The highest BCUT2D eigenvalue weighted by Crippen LogP contribution is 2.19. The van der Waals surface area contributed by atoms with Crippen LogP contribution in [0.25, 0.3) is 16.6 Å². The Balaban J connectivity index is 1.95. The van der Waals surface area contributed by atoms with E-state index in [0.717, 1.165) is 16.6 Å². The number of fused-ring (bicyclic) bond motifs is 3. The first-order chi connectivity index (χ1) is 10.2. The van der Waals surface area contributed by atoms with Crippen LogP contribution in [0.4, 0.5) is 0 Å². The Morgan fingerprint density at radius 1 is 1.38 bits per heavy atom. The van der Waals surface area contributed by atoms with E-state index in [2.05, 4.69) is 15.1 Å². The van der Waals surface area contributed by atoms with E-state index >= 15 is 0 Å². The zero-order valence-electron chi connectivity index (χ0n) is 11.7. The van der Waals surface area contributed by atoms with Crippen LogP contribution >= 0.6 is 0 Å². The summed E-state index contributed by atoms with van der Waals surface area (Å²) in [6.07, 6.45) is 3.47. The lowest BCUT2D eigenvalue weighted by atomic mass is 10.2. The normalized spacial score (nSPS) is 11.0. The molecule has 108 valence electrons. The van der Waals surface area contributed by atoms with Gasteiger partial charge < -0.3 is 9.47 Å². The van der Waals surface area contributed by atoms with Crippen LogP contribution < -0.4 is 4.74 Å². The molecule has 0 aromatic carbocycles. The molecule has 0 spiro atoms. The molecule has 7 nitrogen and oxygen atoms in total. The third-order valence-corrected chi connectivity index (χ3v) is 3.03. The van der Waals surface area contributed by atoms with Gasteiger partial charge in [-0.1, -0.05) is 0 Å². The maximum Gasteiger partial charge on any atom is 0.344 e. The molecular formula is C14H14N4O3. The van der Waals surface area contributed by atoms with Crippen molar-refractivity contribution in [3.63, 3.8) is 0 Å². The molecule has 3 heterocycles. The predicted molar refractivity (Wildman–Crippen MR) is 75.2 cm³/mol. The Kier molecular flexibility index (Phi) is 3.39. The smallest absolute Gasteiger partial charge is 0.344 e. The van der Waals surface area contributed by atoms with Gasteiger partial charge in [-0.2, -0.15) is 0 Å². The van der Waals surface area contributed by atoms with Gasteiger partial charge in [0.2, 0.25) is 5.88 Å². The van der Waals surface area contributed by atoms with Crippen molar-refractivity contribution in [3.05, 3.63) is 30.2 Å². The highest BCUT2D eigenvalue weighted by molar-refractivity contribution is 5.82. The number of nitrogens with zero attached hydrogens (tertiary/aromatic N) is 4. The zero-order valence-corrected chi connectivity index (χ0v) is 11.7. The van der Waals surface area contributed by atoms with Crippen LogP contribution in [0.3, 0.4) is 0 Å². The standard InChI is InChI=1S/C14H14N4O3/c1-3-20-14(19)8-21-13-6-12-16-7-10-9(2)15-5-4-11(10)18(12)17-13/h4-7H,3,8H2,1-2H3. The van der Waals surface area contributed by atoms with Crippen molar-refractivity contribution in [3.8, 4) is 5.88 Å². The predicted octanol–water partition coefficient (Wildman–Crippen LogP) is 1.53. The summed E-state index contributed by atoms with van der Waals surface area (Å²) < 4.78 is 11.8. The Labute approximate surface area is 120 Å². The minimum absolute atomic E-state index is 0.170. The van der Waals surface area contributed by atoms with Crippen molar-refractivity contribution in [2.24, 2.45) is 0 Å². The first-order valence-electron chi connectivity index (χ1n) is 6.57. The van der Waals surface area contributed by atoms with Crippen LogP contribution in [0.5, 0.6) is 5.88 Å². The highest BCUT2D eigenvalue weighted by atomic mass is 16.6. The fourth-order valence-electron chi connectivity index (χ4n) is 2.06. The second-order valence-corrected chi connectivity index (χ2v) is 4.43. The minimum Gasteiger partial charge on any atom is -0.465 e. The minimum atomic E-state index is -0.424. The number of carbonyl (C=O) groups excluding carboxylic acids is 1. The SMILES string of the molecule is CCOC(=O)COc1cc2ncc3c(C)nccc3n2n1. The molecule has 0 saturated carbocycles. The molecular weight excluding hydrogens is 272 g/mol. The molecule has 3 aromatic heterocycles. The van der Waals surface area contributed by atoms with E-state index in [0.29, 0.717) is 18.1 Å². The van der Waals surface area contributed by atoms with Crippen LogP contribution in [0.2, 0.25) is 0 Å². The number of carbonyl (C=O) groups is 1. The summed E-state index contributed by atoms with van der Waals surface area (Å²) in [6, 6.07) is 3.54. The van der Waals surface area contributed by atoms with Gasteiger partial charge in [-0.15, -0.1) is 5.10 Å². The van der Waals surface area contributed by atoms with Crippen LogP contribution in [0, 0.1) is 6.92 Å². The molecule has 0 radical (unpaired) electrons. The molecule has 7 heteroatoms. The molecule has 0 N–H and O–H groups in total. The zero-order chi connectivity index (χ0) is 14.8. The average molecular weight is 286 g/mol. The van der Waals surface area contributed by atoms with E-state index < -0.39 is 5.97 Å². The van der Waals surface area contributed by atoms with Crippen LogP contribution in [-0.2, 0) is 9.53 Å². The lowest BCUT2D eigenvalue weighted by Crippen LogP contribution is -2.14. The molecule has 0 aliphatic carbocycles. The summed E-state index contributed by atoms with van der Waals surface area (Å²) >= 11 is 0. The van der Waals surface area contributed by atoms with Gasteiger partial charge >= 0.3 is 5.97 Å². The Hall–Kier alpha value is -2.70. The van der Waals surface area contributed by atoms with Gasteiger partial charge in [0.1, 0.15) is 0 Å². The van der Waals surface area contributed by atoms with Gasteiger partial charge in [-0.25, -0.2) is 14.3 Å². The van der Waals surface area contributed by atoms with Gasteiger partial charge in [0.05, 0.1) is 12.1 Å². The number of hydrogen-bond donors (Lipinski definition) is 0. The summed E-state index contributed by atoms with van der Waals surface area (Å²) in [4.78, 5) is 19.8.